The number of amides is 1. The van der Waals surface area contributed by atoms with Crippen LogP contribution in [-0.2, 0) is 0 Å². The third kappa shape index (κ3) is 3.09. The van der Waals surface area contributed by atoms with Crippen molar-refractivity contribution in [1.82, 2.24) is 4.90 Å². The van der Waals surface area contributed by atoms with E-state index >= 15 is 0 Å². The van der Waals surface area contributed by atoms with E-state index < -0.39 is 11.6 Å². The maximum Gasteiger partial charge on any atom is 0.281 e. The van der Waals surface area contributed by atoms with Crippen LogP contribution in [0.2, 0.25) is 0 Å². The highest BCUT2D eigenvalue weighted by atomic mass is 27.0. The van der Waals surface area contributed by atoms with Crippen molar-refractivity contribution >= 4 is 33.0 Å². The summed E-state index contributed by atoms with van der Waals surface area (Å²) in [6.45, 7) is 4.53. The SMILES string of the molecule is C[C@@H]1CN(c2cc(F)c(C=O)cc2F)C[C@H](C)N1[C](=O)[Al]. The molecule has 110 valence electrons. The number of hydrogen-bond acceptors (Lipinski definition) is 3. The summed E-state index contributed by atoms with van der Waals surface area (Å²) in [5.74, 6) is -1.38. The molecule has 2 atom stereocenters. The molecule has 1 aliphatic rings. The summed E-state index contributed by atoms with van der Waals surface area (Å²) in [5, 5.41) is 0. The lowest BCUT2D eigenvalue weighted by molar-refractivity contribution is 0.111. The van der Waals surface area contributed by atoms with E-state index in [4.69, 9.17) is 0 Å². The molecule has 0 aliphatic carbocycles. The van der Waals surface area contributed by atoms with Gasteiger partial charge in [0.15, 0.2) is 6.29 Å². The van der Waals surface area contributed by atoms with Gasteiger partial charge >= 0.3 is 0 Å². The van der Waals surface area contributed by atoms with Crippen molar-refractivity contribution in [3.63, 3.8) is 0 Å². The molecule has 2 rings (SSSR count). The van der Waals surface area contributed by atoms with Crippen LogP contribution >= 0.6 is 0 Å². The second kappa shape index (κ2) is 6.12. The molecule has 0 saturated carbocycles. The predicted octanol–water partition coefficient (Wildman–Crippen LogP) is 1.96. The summed E-state index contributed by atoms with van der Waals surface area (Å²) in [5.41, 5.74) is -0.177. The fourth-order valence-corrected chi connectivity index (χ4v) is 3.35. The van der Waals surface area contributed by atoms with Gasteiger partial charge in [0.2, 0.25) is 0 Å². The Morgan fingerprint density at radius 3 is 2.29 bits per heavy atom. The lowest BCUT2D eigenvalue weighted by Crippen LogP contribution is -2.58. The standard InChI is InChI=1S/C14H15F2N2O2.Al/c1-9-5-17(6-10(2)18(9)8-20)14-4-12(15)11(7-19)3-13(14)16;/h3-4,7,9-10H,5-6H2,1-2H3;/t9-,10+;. The molecule has 2 radical (unpaired) electrons. The average molecular weight is 308 g/mol. The first-order valence-corrected chi connectivity index (χ1v) is 7.19. The molecule has 1 heterocycles. The number of benzene rings is 1. The van der Waals surface area contributed by atoms with E-state index in [9.17, 15) is 18.4 Å². The van der Waals surface area contributed by atoms with E-state index in [-0.39, 0.29) is 28.1 Å². The summed E-state index contributed by atoms with van der Waals surface area (Å²) in [6, 6.07) is 1.70. The molecule has 0 spiro atoms. The summed E-state index contributed by atoms with van der Waals surface area (Å²) >= 11 is 2.14. The molecule has 0 unspecified atom stereocenters. The van der Waals surface area contributed by atoms with Crippen LogP contribution in [0.25, 0.3) is 0 Å². The molecule has 7 heteroatoms. The minimum atomic E-state index is -0.744. The molecular weight excluding hydrogens is 293 g/mol. The highest BCUT2D eigenvalue weighted by molar-refractivity contribution is 6.57. The van der Waals surface area contributed by atoms with Gasteiger partial charge in [-0.2, -0.15) is 0 Å². The maximum absolute atomic E-state index is 14.1. The third-order valence-corrected chi connectivity index (χ3v) is 4.01. The normalized spacial score (nSPS) is 22.3. The van der Waals surface area contributed by atoms with E-state index in [1.807, 2.05) is 13.8 Å². The van der Waals surface area contributed by atoms with Crippen LogP contribution in [0, 0.1) is 11.6 Å². The summed E-state index contributed by atoms with van der Waals surface area (Å²) in [7, 11) is 0. The Morgan fingerprint density at radius 2 is 1.81 bits per heavy atom. The summed E-state index contributed by atoms with van der Waals surface area (Å²) in [6.07, 6.45) is 0.290. The number of anilines is 1. The molecule has 1 aromatic carbocycles. The van der Waals surface area contributed by atoms with Crippen molar-refractivity contribution in [2.24, 2.45) is 0 Å². The molecule has 1 fully saturated rings. The molecule has 0 N–H and O–H groups in total. The topological polar surface area (TPSA) is 40.6 Å². The fourth-order valence-electron chi connectivity index (χ4n) is 2.84. The quantitative estimate of drug-likeness (QED) is 0.619. The molecule has 1 aromatic rings. The average Bonchev–Trinajstić information content (AvgIpc) is 2.39. The van der Waals surface area contributed by atoms with Gasteiger partial charge in [0.25, 0.3) is 16.3 Å². The van der Waals surface area contributed by atoms with Crippen molar-refractivity contribution in [1.29, 1.82) is 0 Å². The largest absolute Gasteiger partial charge is 0.365 e. The van der Waals surface area contributed by atoms with Gasteiger partial charge in [-0.15, -0.1) is 0 Å². The predicted molar refractivity (Wildman–Crippen MR) is 75.9 cm³/mol. The Bertz CT molecular complexity index is 570. The van der Waals surface area contributed by atoms with Crippen molar-refractivity contribution in [3.8, 4) is 0 Å². The van der Waals surface area contributed by atoms with Gasteiger partial charge in [-0.25, -0.2) is 8.78 Å². The van der Waals surface area contributed by atoms with Crippen LogP contribution in [-0.4, -0.2) is 57.4 Å². The second-order valence-electron chi connectivity index (χ2n) is 5.29. The van der Waals surface area contributed by atoms with E-state index in [1.54, 1.807) is 9.80 Å². The van der Waals surface area contributed by atoms with Crippen LogP contribution in [0.4, 0.5) is 19.3 Å². The third-order valence-electron chi connectivity index (χ3n) is 3.71. The number of carbonyl (C=O) groups excluding carboxylic acids is 2. The summed E-state index contributed by atoms with van der Waals surface area (Å²) in [4.78, 5) is 25.6. The zero-order chi connectivity index (χ0) is 15.7. The first-order chi connectivity index (χ1) is 9.85. The zero-order valence-corrected chi connectivity index (χ0v) is 13.0. The number of carbonyl (C=O) groups is 2. The van der Waals surface area contributed by atoms with Gasteiger partial charge in [-0.3, -0.25) is 4.79 Å². The van der Waals surface area contributed by atoms with Gasteiger partial charge in [-0.1, -0.05) is 0 Å². The van der Waals surface area contributed by atoms with E-state index in [1.165, 1.54) is 0 Å². The molecule has 1 amide bonds. The minimum absolute atomic E-state index is 0.113. The van der Waals surface area contributed by atoms with Crippen LogP contribution in [0.5, 0.6) is 0 Å². The lowest BCUT2D eigenvalue weighted by Gasteiger charge is -2.46. The number of aldehydes is 1. The van der Waals surface area contributed by atoms with Crippen molar-refractivity contribution in [2.45, 2.75) is 25.9 Å². The van der Waals surface area contributed by atoms with E-state index in [2.05, 4.69) is 16.3 Å². The Morgan fingerprint density at radius 1 is 1.24 bits per heavy atom. The molecule has 4 nitrogen and oxygen atoms in total. The monoisotopic (exact) mass is 308 g/mol. The van der Waals surface area contributed by atoms with Crippen molar-refractivity contribution in [3.05, 3.63) is 29.3 Å². The van der Waals surface area contributed by atoms with Crippen LogP contribution < -0.4 is 4.90 Å². The molecule has 1 aliphatic heterocycles. The number of piperazine rings is 1. The molecular formula is C14H15AlF2N2O2. The first kappa shape index (κ1) is 15.9. The van der Waals surface area contributed by atoms with Crippen molar-refractivity contribution in [2.75, 3.05) is 18.0 Å². The van der Waals surface area contributed by atoms with Crippen molar-refractivity contribution < 1.29 is 18.4 Å². The van der Waals surface area contributed by atoms with E-state index in [0.29, 0.717) is 19.4 Å². The Labute approximate surface area is 130 Å². The first-order valence-electron chi connectivity index (χ1n) is 6.62. The van der Waals surface area contributed by atoms with E-state index in [0.717, 1.165) is 12.1 Å². The second-order valence-corrected chi connectivity index (χ2v) is 5.79. The Hall–Kier alpha value is -1.45. The number of rotatable bonds is 2. The summed E-state index contributed by atoms with van der Waals surface area (Å²) < 4.78 is 27.6. The Kier molecular flexibility index (Phi) is 4.65. The number of nitrogens with zero attached hydrogens (tertiary/aromatic N) is 2. The molecule has 21 heavy (non-hydrogen) atoms. The van der Waals surface area contributed by atoms with Crippen LogP contribution in [0.15, 0.2) is 12.1 Å². The van der Waals surface area contributed by atoms with Crippen LogP contribution in [0.3, 0.4) is 0 Å². The van der Waals surface area contributed by atoms with Gasteiger partial charge in [-0.05, 0) is 19.9 Å². The number of hydrogen-bond donors (Lipinski definition) is 0. The number of halogens is 2. The molecule has 0 aromatic heterocycles. The highest BCUT2D eigenvalue weighted by Crippen LogP contribution is 2.27. The maximum atomic E-state index is 14.1. The fraction of sp³-hybridized carbons (Fsp3) is 0.429. The smallest absolute Gasteiger partial charge is 0.281 e. The minimum Gasteiger partial charge on any atom is -0.365 e. The van der Waals surface area contributed by atoms with Gasteiger partial charge in [0.1, 0.15) is 11.6 Å². The van der Waals surface area contributed by atoms with Gasteiger partial charge < -0.3 is 14.6 Å². The van der Waals surface area contributed by atoms with Gasteiger partial charge in [0, 0.05) is 31.2 Å². The highest BCUT2D eigenvalue weighted by Gasteiger charge is 2.31. The van der Waals surface area contributed by atoms with Crippen LogP contribution in [0.1, 0.15) is 24.2 Å². The molecule has 0 bridgehead atoms. The lowest BCUT2D eigenvalue weighted by atomic mass is 10.1. The van der Waals surface area contributed by atoms with Gasteiger partial charge in [0.05, 0.1) is 16.0 Å². The zero-order valence-electron chi connectivity index (χ0n) is 11.8. The molecule has 1 saturated heterocycles. The Balaban J connectivity index is 2.30.